The van der Waals surface area contributed by atoms with Gasteiger partial charge >= 0.3 is 0 Å². The first-order chi connectivity index (χ1) is 9.38. The van der Waals surface area contributed by atoms with Gasteiger partial charge in [-0.2, -0.15) is 0 Å². The van der Waals surface area contributed by atoms with E-state index < -0.39 is 10.0 Å². The third-order valence-corrected chi connectivity index (χ3v) is 3.91. The maximum absolute atomic E-state index is 11.8. The second-order valence-electron chi connectivity index (χ2n) is 4.24. The largest absolute Gasteiger partial charge is 0.497 e. The van der Waals surface area contributed by atoms with Gasteiger partial charge in [0.1, 0.15) is 5.75 Å². The van der Waals surface area contributed by atoms with Crippen molar-refractivity contribution in [2.75, 3.05) is 30.8 Å². The van der Waals surface area contributed by atoms with Crippen LogP contribution in [0.1, 0.15) is 13.3 Å². The number of amides is 1. The number of carbonyl (C=O) groups excluding carboxylic acids is 1. The summed E-state index contributed by atoms with van der Waals surface area (Å²) in [5.41, 5.74) is 0.541. The Labute approximate surface area is 119 Å². The van der Waals surface area contributed by atoms with Crippen molar-refractivity contribution in [3.8, 4) is 5.75 Å². The Bertz CT molecular complexity index is 540. The highest BCUT2D eigenvalue weighted by Gasteiger charge is 2.17. The molecule has 0 spiro atoms. The van der Waals surface area contributed by atoms with E-state index >= 15 is 0 Å². The van der Waals surface area contributed by atoms with Crippen molar-refractivity contribution in [3.05, 3.63) is 24.3 Å². The fraction of sp³-hybridized carbons (Fsp3) is 0.462. The minimum absolute atomic E-state index is 0.104. The van der Waals surface area contributed by atoms with Gasteiger partial charge in [-0.15, -0.1) is 0 Å². The Morgan fingerprint density at radius 2 is 1.90 bits per heavy atom. The number of rotatable bonds is 7. The van der Waals surface area contributed by atoms with Gasteiger partial charge < -0.3 is 10.1 Å². The number of nitrogens with zero attached hydrogens (tertiary/aromatic N) is 1. The van der Waals surface area contributed by atoms with Crippen molar-refractivity contribution in [1.82, 2.24) is 5.32 Å². The first-order valence-corrected chi connectivity index (χ1v) is 8.11. The number of benzene rings is 1. The molecule has 1 rings (SSSR count). The number of hydrogen-bond acceptors (Lipinski definition) is 4. The van der Waals surface area contributed by atoms with E-state index in [-0.39, 0.29) is 19.0 Å². The van der Waals surface area contributed by atoms with E-state index in [2.05, 4.69) is 5.32 Å². The predicted molar refractivity (Wildman–Crippen MR) is 78.5 cm³/mol. The molecular weight excluding hydrogens is 280 g/mol. The summed E-state index contributed by atoms with van der Waals surface area (Å²) < 4.78 is 29.9. The van der Waals surface area contributed by atoms with Crippen LogP contribution in [-0.2, 0) is 14.8 Å². The van der Waals surface area contributed by atoms with E-state index in [1.54, 1.807) is 38.3 Å². The fourth-order valence-electron chi connectivity index (χ4n) is 1.66. The molecule has 0 saturated carbocycles. The van der Waals surface area contributed by atoms with E-state index in [9.17, 15) is 13.2 Å². The van der Waals surface area contributed by atoms with Crippen LogP contribution < -0.4 is 14.4 Å². The van der Waals surface area contributed by atoms with Crippen LogP contribution in [0.4, 0.5) is 5.69 Å². The minimum atomic E-state index is -3.40. The van der Waals surface area contributed by atoms with Crippen LogP contribution in [0.25, 0.3) is 0 Å². The minimum Gasteiger partial charge on any atom is -0.497 e. The molecule has 1 aromatic rings. The molecule has 0 aromatic heterocycles. The van der Waals surface area contributed by atoms with Crippen molar-refractivity contribution in [3.63, 3.8) is 0 Å². The van der Waals surface area contributed by atoms with E-state index in [4.69, 9.17) is 4.74 Å². The summed E-state index contributed by atoms with van der Waals surface area (Å²) in [4.78, 5) is 11.2. The zero-order valence-corrected chi connectivity index (χ0v) is 12.7. The summed E-state index contributed by atoms with van der Waals surface area (Å²) in [5.74, 6) is 0.551. The second kappa shape index (κ2) is 7.14. The number of carbonyl (C=O) groups is 1. The first-order valence-electron chi connectivity index (χ1n) is 6.27. The zero-order chi connectivity index (χ0) is 15.2. The van der Waals surface area contributed by atoms with Crippen LogP contribution in [0.3, 0.4) is 0 Å². The summed E-state index contributed by atoms with van der Waals surface area (Å²) in [5, 5.41) is 2.66. The van der Waals surface area contributed by atoms with Gasteiger partial charge in [-0.1, -0.05) is 6.92 Å². The van der Waals surface area contributed by atoms with Crippen LogP contribution in [0.2, 0.25) is 0 Å². The Hall–Kier alpha value is -1.76. The summed E-state index contributed by atoms with van der Waals surface area (Å²) in [6.45, 7) is 2.20. The van der Waals surface area contributed by atoms with Crippen molar-refractivity contribution in [2.24, 2.45) is 0 Å². The molecule has 0 aliphatic carbocycles. The van der Waals surface area contributed by atoms with Gasteiger partial charge in [-0.25, -0.2) is 8.42 Å². The standard InChI is InChI=1S/C13H20N2O4S/c1-4-13(16)14-9-10-15(20(3,17)18)11-5-7-12(19-2)8-6-11/h5-8H,4,9-10H2,1-3H3,(H,14,16). The molecule has 1 aromatic carbocycles. The molecule has 0 saturated heterocycles. The van der Waals surface area contributed by atoms with E-state index in [0.29, 0.717) is 17.9 Å². The lowest BCUT2D eigenvalue weighted by molar-refractivity contribution is -0.120. The van der Waals surface area contributed by atoms with Crippen molar-refractivity contribution in [2.45, 2.75) is 13.3 Å². The third-order valence-electron chi connectivity index (χ3n) is 2.72. The summed E-state index contributed by atoms with van der Waals surface area (Å²) in [7, 11) is -1.86. The van der Waals surface area contributed by atoms with Crippen molar-refractivity contribution >= 4 is 21.6 Å². The van der Waals surface area contributed by atoms with Gasteiger partial charge in [0.15, 0.2) is 0 Å². The lowest BCUT2D eigenvalue weighted by Gasteiger charge is -2.22. The van der Waals surface area contributed by atoms with E-state index in [1.807, 2.05) is 0 Å². The number of nitrogens with one attached hydrogen (secondary N) is 1. The Morgan fingerprint density at radius 1 is 1.30 bits per heavy atom. The van der Waals surface area contributed by atoms with Gasteiger partial charge in [0.05, 0.1) is 25.6 Å². The maximum atomic E-state index is 11.8. The molecule has 112 valence electrons. The van der Waals surface area contributed by atoms with Crippen LogP contribution in [0.15, 0.2) is 24.3 Å². The lowest BCUT2D eigenvalue weighted by Crippen LogP contribution is -2.37. The molecule has 1 N–H and O–H groups in total. The molecule has 1 amide bonds. The normalized spacial score (nSPS) is 10.9. The smallest absolute Gasteiger partial charge is 0.232 e. The molecule has 0 radical (unpaired) electrons. The molecule has 0 bridgehead atoms. The molecule has 0 atom stereocenters. The van der Waals surface area contributed by atoms with Gasteiger partial charge in [0.25, 0.3) is 0 Å². The summed E-state index contributed by atoms with van der Waals surface area (Å²) in [6, 6.07) is 6.72. The molecule has 20 heavy (non-hydrogen) atoms. The number of ether oxygens (including phenoxy) is 1. The molecule has 0 unspecified atom stereocenters. The number of methoxy groups -OCH3 is 1. The molecule has 6 nitrogen and oxygen atoms in total. The zero-order valence-electron chi connectivity index (χ0n) is 11.9. The highest BCUT2D eigenvalue weighted by Crippen LogP contribution is 2.20. The average Bonchev–Trinajstić information content (AvgIpc) is 2.42. The first kappa shape index (κ1) is 16.3. The molecular formula is C13H20N2O4S. The Morgan fingerprint density at radius 3 is 2.35 bits per heavy atom. The Kier molecular flexibility index (Phi) is 5.82. The van der Waals surface area contributed by atoms with Crippen LogP contribution >= 0.6 is 0 Å². The summed E-state index contributed by atoms with van der Waals surface area (Å²) >= 11 is 0. The van der Waals surface area contributed by atoms with E-state index in [1.165, 1.54) is 4.31 Å². The lowest BCUT2D eigenvalue weighted by atomic mass is 10.3. The molecule has 0 heterocycles. The van der Waals surface area contributed by atoms with Crippen molar-refractivity contribution < 1.29 is 17.9 Å². The Balaban J connectivity index is 2.81. The van der Waals surface area contributed by atoms with Gasteiger partial charge in [-0.05, 0) is 24.3 Å². The maximum Gasteiger partial charge on any atom is 0.232 e. The SMILES string of the molecule is CCC(=O)NCCN(c1ccc(OC)cc1)S(C)(=O)=O. The van der Waals surface area contributed by atoms with E-state index in [0.717, 1.165) is 6.26 Å². The van der Waals surface area contributed by atoms with Crippen molar-refractivity contribution in [1.29, 1.82) is 0 Å². The highest BCUT2D eigenvalue weighted by molar-refractivity contribution is 7.92. The third kappa shape index (κ3) is 4.73. The number of sulfonamides is 1. The van der Waals surface area contributed by atoms with Crippen LogP contribution in [0.5, 0.6) is 5.75 Å². The van der Waals surface area contributed by atoms with Crippen LogP contribution in [0, 0.1) is 0 Å². The molecule has 0 fully saturated rings. The molecule has 7 heteroatoms. The van der Waals surface area contributed by atoms with Gasteiger partial charge in [-0.3, -0.25) is 9.10 Å². The van der Waals surface area contributed by atoms with Gasteiger partial charge in [0, 0.05) is 13.0 Å². The predicted octanol–water partition coefficient (Wildman–Crippen LogP) is 0.987. The molecule has 0 aliphatic rings. The second-order valence-corrected chi connectivity index (χ2v) is 6.14. The average molecular weight is 300 g/mol. The fourth-order valence-corrected chi connectivity index (χ4v) is 2.58. The molecule has 0 aliphatic heterocycles. The van der Waals surface area contributed by atoms with Gasteiger partial charge in [0.2, 0.25) is 15.9 Å². The highest BCUT2D eigenvalue weighted by atomic mass is 32.2. The number of hydrogen-bond donors (Lipinski definition) is 1. The topological polar surface area (TPSA) is 75.7 Å². The summed E-state index contributed by atoms with van der Waals surface area (Å²) in [6.07, 6.45) is 1.51. The number of anilines is 1. The quantitative estimate of drug-likeness (QED) is 0.814. The monoisotopic (exact) mass is 300 g/mol. The van der Waals surface area contributed by atoms with Crippen LogP contribution in [-0.4, -0.2) is 40.8 Å².